The Bertz CT molecular complexity index is 402. The summed E-state index contributed by atoms with van der Waals surface area (Å²) in [5.74, 6) is -1.84. The smallest absolute Gasteiger partial charge is 0.434 e. The third kappa shape index (κ3) is 3.57. The SMILES string of the molecule is O=C(OC(C(F)(F)F)C(F)(F)F)c1ccncn1. The topological polar surface area (TPSA) is 52.1 Å². The van der Waals surface area contributed by atoms with Gasteiger partial charge in [-0.25, -0.2) is 14.8 Å². The lowest BCUT2D eigenvalue weighted by molar-refractivity contribution is -0.307. The summed E-state index contributed by atoms with van der Waals surface area (Å²) >= 11 is 0. The lowest BCUT2D eigenvalue weighted by atomic mass is 10.3. The highest BCUT2D eigenvalue weighted by atomic mass is 19.4. The molecular weight excluding hydrogens is 270 g/mol. The summed E-state index contributed by atoms with van der Waals surface area (Å²) in [7, 11) is 0. The van der Waals surface area contributed by atoms with Crippen molar-refractivity contribution in [3.8, 4) is 0 Å². The molecule has 0 aliphatic heterocycles. The first-order valence-corrected chi connectivity index (χ1v) is 4.23. The second-order valence-electron chi connectivity index (χ2n) is 2.96. The number of ether oxygens (including phenoxy) is 1. The first-order valence-electron chi connectivity index (χ1n) is 4.23. The van der Waals surface area contributed by atoms with Crippen LogP contribution in [0.1, 0.15) is 10.5 Å². The van der Waals surface area contributed by atoms with Crippen LogP contribution in [-0.4, -0.2) is 34.4 Å². The summed E-state index contributed by atoms with van der Waals surface area (Å²) in [5, 5.41) is 0. The Morgan fingerprint density at radius 2 is 1.72 bits per heavy atom. The van der Waals surface area contributed by atoms with E-state index in [1.165, 1.54) is 0 Å². The third-order valence-corrected chi connectivity index (χ3v) is 1.61. The second kappa shape index (κ2) is 4.78. The molecule has 0 saturated heterocycles. The molecule has 0 bridgehead atoms. The molecule has 1 rings (SSSR count). The number of carbonyl (C=O) groups is 1. The van der Waals surface area contributed by atoms with Gasteiger partial charge in [-0.2, -0.15) is 26.3 Å². The minimum Gasteiger partial charge on any atom is -0.438 e. The van der Waals surface area contributed by atoms with Gasteiger partial charge in [-0.05, 0) is 6.07 Å². The average Bonchev–Trinajstić information content (AvgIpc) is 2.23. The standard InChI is InChI=1S/C8H4F6N2O2/c9-7(10,11)6(8(12,13)14)18-5(17)4-1-2-15-3-16-4/h1-3,6H. The number of hydrogen-bond acceptors (Lipinski definition) is 4. The van der Waals surface area contributed by atoms with Crippen molar-refractivity contribution in [2.75, 3.05) is 0 Å². The number of nitrogens with zero attached hydrogens (tertiary/aromatic N) is 2. The molecular formula is C8H4F6N2O2. The van der Waals surface area contributed by atoms with Crippen LogP contribution in [0.4, 0.5) is 26.3 Å². The van der Waals surface area contributed by atoms with Crippen LogP contribution in [-0.2, 0) is 4.74 Å². The molecule has 0 amide bonds. The Morgan fingerprint density at radius 1 is 1.17 bits per heavy atom. The Hall–Kier alpha value is -1.87. The normalized spacial score (nSPS) is 12.6. The van der Waals surface area contributed by atoms with E-state index in [-0.39, 0.29) is 0 Å². The molecule has 0 radical (unpaired) electrons. The monoisotopic (exact) mass is 274 g/mol. The molecule has 10 heteroatoms. The molecule has 0 saturated carbocycles. The molecule has 0 aliphatic rings. The minimum absolute atomic E-state index is 0.705. The maximum absolute atomic E-state index is 12.1. The van der Waals surface area contributed by atoms with Gasteiger partial charge in [0.1, 0.15) is 6.33 Å². The molecule has 0 N–H and O–H groups in total. The van der Waals surface area contributed by atoms with Gasteiger partial charge < -0.3 is 4.74 Å². The summed E-state index contributed by atoms with van der Waals surface area (Å²) in [6, 6.07) is 0.826. The van der Waals surface area contributed by atoms with Crippen LogP contribution in [0.15, 0.2) is 18.6 Å². The Balaban J connectivity index is 2.90. The van der Waals surface area contributed by atoms with E-state index in [1.54, 1.807) is 0 Å². The quantitative estimate of drug-likeness (QED) is 0.612. The van der Waals surface area contributed by atoms with Gasteiger partial charge in [0, 0.05) is 6.20 Å². The molecule has 0 aliphatic carbocycles. The highest BCUT2D eigenvalue weighted by molar-refractivity contribution is 5.87. The number of rotatable bonds is 2. The molecule has 1 heterocycles. The lowest BCUT2D eigenvalue weighted by Gasteiger charge is -2.22. The van der Waals surface area contributed by atoms with Crippen LogP contribution in [0, 0.1) is 0 Å². The second-order valence-corrected chi connectivity index (χ2v) is 2.96. The van der Waals surface area contributed by atoms with Crippen LogP contribution in [0.25, 0.3) is 0 Å². The predicted molar refractivity (Wildman–Crippen MR) is 43.3 cm³/mol. The Kier molecular flexibility index (Phi) is 3.77. The molecule has 18 heavy (non-hydrogen) atoms. The molecule has 1 aromatic heterocycles. The number of esters is 1. The number of alkyl halides is 6. The van der Waals surface area contributed by atoms with E-state index in [9.17, 15) is 31.1 Å². The van der Waals surface area contributed by atoms with Crippen LogP contribution in [0.2, 0.25) is 0 Å². The molecule has 0 fully saturated rings. The maximum atomic E-state index is 12.1. The van der Waals surface area contributed by atoms with Crippen molar-refractivity contribution in [3.05, 3.63) is 24.3 Å². The summed E-state index contributed by atoms with van der Waals surface area (Å²) in [4.78, 5) is 17.6. The molecule has 0 atom stereocenters. The van der Waals surface area contributed by atoms with E-state index in [2.05, 4.69) is 14.7 Å². The number of halogens is 6. The average molecular weight is 274 g/mol. The summed E-state index contributed by atoms with van der Waals surface area (Å²) in [6.07, 6.45) is -13.9. The van der Waals surface area contributed by atoms with Gasteiger partial charge in [-0.3, -0.25) is 0 Å². The van der Waals surface area contributed by atoms with Gasteiger partial charge in [-0.1, -0.05) is 0 Å². The van der Waals surface area contributed by atoms with Crippen LogP contribution in [0.3, 0.4) is 0 Å². The highest BCUT2D eigenvalue weighted by Gasteiger charge is 2.60. The van der Waals surface area contributed by atoms with E-state index in [1.807, 2.05) is 0 Å². The molecule has 0 spiro atoms. The van der Waals surface area contributed by atoms with E-state index in [0.717, 1.165) is 18.6 Å². The lowest BCUT2D eigenvalue weighted by Crippen LogP contribution is -2.45. The van der Waals surface area contributed by atoms with Gasteiger partial charge in [-0.15, -0.1) is 0 Å². The minimum atomic E-state index is -5.75. The van der Waals surface area contributed by atoms with Crippen molar-refractivity contribution < 1.29 is 35.9 Å². The van der Waals surface area contributed by atoms with Crippen molar-refractivity contribution in [1.82, 2.24) is 9.97 Å². The van der Waals surface area contributed by atoms with Gasteiger partial charge in [0.15, 0.2) is 5.69 Å². The van der Waals surface area contributed by atoms with E-state index >= 15 is 0 Å². The van der Waals surface area contributed by atoms with Crippen molar-refractivity contribution in [2.24, 2.45) is 0 Å². The van der Waals surface area contributed by atoms with Gasteiger partial charge >= 0.3 is 18.3 Å². The first kappa shape index (κ1) is 14.2. The number of carbonyl (C=O) groups excluding carboxylic acids is 1. The van der Waals surface area contributed by atoms with E-state index in [0.29, 0.717) is 0 Å². The van der Waals surface area contributed by atoms with Crippen molar-refractivity contribution in [1.29, 1.82) is 0 Å². The van der Waals surface area contributed by atoms with Gasteiger partial charge in [0.25, 0.3) is 6.10 Å². The zero-order valence-electron chi connectivity index (χ0n) is 8.29. The van der Waals surface area contributed by atoms with Crippen molar-refractivity contribution in [3.63, 3.8) is 0 Å². The van der Waals surface area contributed by atoms with Crippen molar-refractivity contribution in [2.45, 2.75) is 18.5 Å². The molecule has 1 aromatic rings. The Labute approximate surface area is 95.6 Å². The molecule has 0 unspecified atom stereocenters. The third-order valence-electron chi connectivity index (χ3n) is 1.61. The van der Waals surface area contributed by atoms with Gasteiger partial charge in [0.05, 0.1) is 0 Å². The first-order chi connectivity index (χ1) is 8.12. The largest absolute Gasteiger partial charge is 0.438 e. The van der Waals surface area contributed by atoms with Crippen LogP contribution >= 0.6 is 0 Å². The van der Waals surface area contributed by atoms with Crippen LogP contribution in [0.5, 0.6) is 0 Å². The number of hydrogen-bond donors (Lipinski definition) is 0. The van der Waals surface area contributed by atoms with Gasteiger partial charge in [0.2, 0.25) is 0 Å². The number of aromatic nitrogens is 2. The maximum Gasteiger partial charge on any atom is 0.434 e. The molecule has 0 aromatic carbocycles. The summed E-state index contributed by atoms with van der Waals surface area (Å²) in [5.41, 5.74) is -0.705. The fourth-order valence-corrected chi connectivity index (χ4v) is 0.898. The fraction of sp³-hybridized carbons (Fsp3) is 0.375. The Morgan fingerprint density at radius 3 is 2.11 bits per heavy atom. The molecule has 100 valence electrons. The fourth-order valence-electron chi connectivity index (χ4n) is 0.898. The predicted octanol–water partition coefficient (Wildman–Crippen LogP) is 2.13. The van der Waals surface area contributed by atoms with E-state index < -0.39 is 30.1 Å². The zero-order chi connectivity index (χ0) is 14.0. The summed E-state index contributed by atoms with van der Waals surface area (Å²) in [6.45, 7) is 0. The van der Waals surface area contributed by atoms with Crippen LogP contribution < -0.4 is 0 Å². The zero-order valence-corrected chi connectivity index (χ0v) is 8.29. The molecule has 4 nitrogen and oxygen atoms in total. The summed E-state index contributed by atoms with van der Waals surface area (Å²) < 4.78 is 75.8. The van der Waals surface area contributed by atoms with Crippen molar-refractivity contribution >= 4 is 5.97 Å². The van der Waals surface area contributed by atoms with E-state index in [4.69, 9.17) is 0 Å². The highest BCUT2D eigenvalue weighted by Crippen LogP contribution is 2.35.